The Morgan fingerprint density at radius 3 is 2.63 bits per heavy atom. The van der Waals surface area contributed by atoms with Crippen LogP contribution in [-0.2, 0) is 4.79 Å². The molecule has 19 heavy (non-hydrogen) atoms. The van der Waals surface area contributed by atoms with E-state index in [2.05, 4.69) is 27.9 Å². The fraction of sp³-hybridized carbons (Fsp3) is 0.385. The fourth-order valence-corrected chi connectivity index (χ4v) is 2.32. The largest absolute Gasteiger partial charge is 0.481 e. The predicted octanol–water partition coefficient (Wildman–Crippen LogP) is 2.76. The number of anilines is 1. The average Bonchev–Trinajstić information content (AvgIpc) is 3.16. The Labute approximate surface area is 125 Å². The van der Waals surface area contributed by atoms with Crippen molar-refractivity contribution in [2.45, 2.75) is 25.3 Å². The van der Waals surface area contributed by atoms with E-state index < -0.39 is 5.97 Å². The van der Waals surface area contributed by atoms with Crippen molar-refractivity contribution in [2.75, 3.05) is 11.9 Å². The maximum Gasteiger partial charge on any atom is 0.322 e. The van der Waals surface area contributed by atoms with Crippen LogP contribution in [0.1, 0.15) is 19.3 Å². The standard InChI is InChI=1S/C13H15IN2O3/c14-10-3-1-2-4-11(10)15-13(19)16(9-5-6-9)8-7-12(17)18/h1-4,9H,5-8H2,(H,15,19)(H,17,18). The van der Waals surface area contributed by atoms with Gasteiger partial charge in [0, 0.05) is 16.2 Å². The highest BCUT2D eigenvalue weighted by Crippen LogP contribution is 2.28. The van der Waals surface area contributed by atoms with Crippen LogP contribution >= 0.6 is 22.6 Å². The summed E-state index contributed by atoms with van der Waals surface area (Å²) < 4.78 is 0.961. The summed E-state index contributed by atoms with van der Waals surface area (Å²) in [5, 5.41) is 11.6. The number of urea groups is 1. The molecule has 102 valence electrons. The smallest absolute Gasteiger partial charge is 0.322 e. The van der Waals surface area contributed by atoms with E-state index >= 15 is 0 Å². The lowest BCUT2D eigenvalue weighted by atomic mass is 10.3. The zero-order valence-corrected chi connectivity index (χ0v) is 12.5. The van der Waals surface area contributed by atoms with Crippen molar-refractivity contribution < 1.29 is 14.7 Å². The van der Waals surface area contributed by atoms with Crippen LogP contribution in [0.15, 0.2) is 24.3 Å². The second-order valence-electron chi connectivity index (χ2n) is 4.48. The third-order valence-electron chi connectivity index (χ3n) is 2.93. The lowest BCUT2D eigenvalue weighted by Crippen LogP contribution is -2.38. The molecular weight excluding hydrogens is 359 g/mol. The third kappa shape index (κ3) is 4.09. The molecule has 2 rings (SSSR count). The quantitative estimate of drug-likeness (QED) is 0.779. The summed E-state index contributed by atoms with van der Waals surface area (Å²) in [7, 11) is 0. The molecule has 6 heteroatoms. The van der Waals surface area contributed by atoms with Crippen LogP contribution < -0.4 is 5.32 Å². The number of aliphatic carboxylic acids is 1. The van der Waals surface area contributed by atoms with Gasteiger partial charge in [0.2, 0.25) is 0 Å². The Kier molecular flexibility index (Phi) is 4.62. The monoisotopic (exact) mass is 374 g/mol. The van der Waals surface area contributed by atoms with E-state index in [1.165, 1.54) is 0 Å². The van der Waals surface area contributed by atoms with Gasteiger partial charge in [-0.1, -0.05) is 12.1 Å². The fourth-order valence-electron chi connectivity index (χ4n) is 1.80. The first-order valence-electron chi connectivity index (χ1n) is 6.12. The van der Waals surface area contributed by atoms with Gasteiger partial charge >= 0.3 is 12.0 Å². The maximum atomic E-state index is 12.2. The minimum absolute atomic E-state index is 0.0181. The highest BCUT2D eigenvalue weighted by atomic mass is 127. The molecule has 1 aromatic carbocycles. The summed E-state index contributed by atoms with van der Waals surface area (Å²) in [5.41, 5.74) is 0.758. The molecule has 0 saturated heterocycles. The summed E-state index contributed by atoms with van der Waals surface area (Å²) in [5.74, 6) is -0.882. The number of rotatable bonds is 5. The van der Waals surface area contributed by atoms with Crippen LogP contribution in [-0.4, -0.2) is 34.6 Å². The van der Waals surface area contributed by atoms with E-state index in [1.807, 2.05) is 24.3 Å². The molecule has 1 aromatic rings. The summed E-state index contributed by atoms with van der Waals surface area (Å²) in [6, 6.07) is 7.49. The highest BCUT2D eigenvalue weighted by Gasteiger charge is 2.32. The van der Waals surface area contributed by atoms with E-state index in [-0.39, 0.29) is 25.0 Å². The molecule has 2 N–H and O–H groups in total. The third-order valence-corrected chi connectivity index (χ3v) is 3.87. The normalized spacial score (nSPS) is 13.9. The number of nitrogens with one attached hydrogen (secondary N) is 1. The molecule has 1 saturated carbocycles. The number of carboxylic acids is 1. The lowest BCUT2D eigenvalue weighted by Gasteiger charge is -2.22. The number of carbonyl (C=O) groups is 2. The molecule has 0 bridgehead atoms. The number of carbonyl (C=O) groups excluding carboxylic acids is 1. The summed E-state index contributed by atoms with van der Waals surface area (Å²) in [6.07, 6.45) is 1.90. The van der Waals surface area contributed by atoms with E-state index in [0.717, 1.165) is 22.1 Å². The van der Waals surface area contributed by atoms with Crippen LogP contribution in [0.3, 0.4) is 0 Å². The van der Waals surface area contributed by atoms with Gasteiger partial charge in [-0.25, -0.2) is 4.79 Å². The molecule has 1 aliphatic rings. The Morgan fingerprint density at radius 1 is 1.37 bits per heavy atom. The minimum atomic E-state index is -0.882. The molecule has 1 aliphatic carbocycles. The Balaban J connectivity index is 1.99. The summed E-state index contributed by atoms with van der Waals surface area (Å²) in [6.45, 7) is 0.259. The number of hydrogen-bond donors (Lipinski definition) is 2. The molecule has 5 nitrogen and oxygen atoms in total. The van der Waals surface area contributed by atoms with Gasteiger partial charge in [-0.05, 0) is 47.6 Å². The lowest BCUT2D eigenvalue weighted by molar-refractivity contribution is -0.137. The molecule has 0 radical (unpaired) electrons. The SMILES string of the molecule is O=C(O)CCN(C(=O)Nc1ccccc1I)C1CC1. The van der Waals surface area contributed by atoms with Crippen LogP contribution in [0.25, 0.3) is 0 Å². The minimum Gasteiger partial charge on any atom is -0.481 e. The predicted molar refractivity (Wildman–Crippen MR) is 80.2 cm³/mol. The van der Waals surface area contributed by atoms with Crippen LogP contribution in [0.2, 0.25) is 0 Å². The molecule has 0 unspecified atom stereocenters. The van der Waals surface area contributed by atoms with Crippen LogP contribution in [0.5, 0.6) is 0 Å². The van der Waals surface area contributed by atoms with Crippen molar-refractivity contribution in [1.82, 2.24) is 4.90 Å². The van der Waals surface area contributed by atoms with Crippen molar-refractivity contribution in [2.24, 2.45) is 0 Å². The molecule has 0 aliphatic heterocycles. The second kappa shape index (κ2) is 6.23. The van der Waals surface area contributed by atoms with Gasteiger partial charge in [-0.2, -0.15) is 0 Å². The van der Waals surface area contributed by atoms with Crippen molar-refractivity contribution in [3.63, 3.8) is 0 Å². The number of amides is 2. The first kappa shape index (κ1) is 14.1. The summed E-state index contributed by atoms with van der Waals surface area (Å²) in [4.78, 5) is 24.4. The van der Waals surface area contributed by atoms with E-state index in [4.69, 9.17) is 5.11 Å². The Morgan fingerprint density at radius 2 is 2.05 bits per heavy atom. The van der Waals surface area contributed by atoms with Gasteiger partial charge in [0.25, 0.3) is 0 Å². The summed E-state index contributed by atoms with van der Waals surface area (Å²) >= 11 is 2.15. The number of nitrogens with zero attached hydrogens (tertiary/aromatic N) is 1. The number of para-hydroxylation sites is 1. The molecule has 0 spiro atoms. The molecular formula is C13H15IN2O3. The van der Waals surface area contributed by atoms with E-state index in [9.17, 15) is 9.59 Å². The number of halogens is 1. The highest BCUT2D eigenvalue weighted by molar-refractivity contribution is 14.1. The van der Waals surface area contributed by atoms with E-state index in [0.29, 0.717) is 0 Å². The van der Waals surface area contributed by atoms with Crippen LogP contribution in [0, 0.1) is 3.57 Å². The van der Waals surface area contributed by atoms with Gasteiger partial charge in [0.1, 0.15) is 0 Å². The molecule has 2 amide bonds. The van der Waals surface area contributed by atoms with Crippen molar-refractivity contribution >= 4 is 40.3 Å². The maximum absolute atomic E-state index is 12.2. The first-order chi connectivity index (χ1) is 9.08. The van der Waals surface area contributed by atoms with Crippen molar-refractivity contribution in [1.29, 1.82) is 0 Å². The zero-order chi connectivity index (χ0) is 13.8. The van der Waals surface area contributed by atoms with Crippen LogP contribution in [0.4, 0.5) is 10.5 Å². The van der Waals surface area contributed by atoms with Crippen molar-refractivity contribution in [3.8, 4) is 0 Å². The molecule has 1 fully saturated rings. The molecule has 0 aromatic heterocycles. The van der Waals surface area contributed by atoms with Gasteiger partial charge in [0.05, 0.1) is 12.1 Å². The second-order valence-corrected chi connectivity index (χ2v) is 5.64. The van der Waals surface area contributed by atoms with Crippen molar-refractivity contribution in [3.05, 3.63) is 27.8 Å². The average molecular weight is 374 g/mol. The molecule has 0 heterocycles. The van der Waals surface area contributed by atoms with Gasteiger partial charge in [-0.3, -0.25) is 4.79 Å². The van der Waals surface area contributed by atoms with Gasteiger partial charge in [-0.15, -0.1) is 0 Å². The molecule has 0 atom stereocenters. The topological polar surface area (TPSA) is 69.6 Å². The number of benzene rings is 1. The van der Waals surface area contributed by atoms with E-state index in [1.54, 1.807) is 4.90 Å². The Bertz CT molecular complexity index is 489. The Hall–Kier alpha value is -1.31. The number of carboxylic acid groups (broad SMARTS) is 1. The van der Waals surface area contributed by atoms with Gasteiger partial charge in [0.15, 0.2) is 0 Å². The number of hydrogen-bond acceptors (Lipinski definition) is 2. The van der Waals surface area contributed by atoms with Gasteiger partial charge < -0.3 is 15.3 Å². The zero-order valence-electron chi connectivity index (χ0n) is 10.3. The first-order valence-corrected chi connectivity index (χ1v) is 7.20.